The third-order valence-electron chi connectivity index (χ3n) is 5.30. The summed E-state index contributed by atoms with van der Waals surface area (Å²) in [5.74, 6) is 0.0751. The Bertz CT molecular complexity index is 893. The van der Waals surface area contributed by atoms with Gasteiger partial charge in [-0.05, 0) is 53.1 Å². The fourth-order valence-corrected chi connectivity index (χ4v) is 3.79. The van der Waals surface area contributed by atoms with Crippen molar-refractivity contribution in [2.75, 3.05) is 57.0 Å². The van der Waals surface area contributed by atoms with Crippen LogP contribution in [0.5, 0.6) is 0 Å². The summed E-state index contributed by atoms with van der Waals surface area (Å²) in [4.78, 5) is 6.30. The summed E-state index contributed by atoms with van der Waals surface area (Å²) in [6, 6.07) is 23.8. The third kappa shape index (κ3) is 4.68. The number of rotatable bonds is 6. The Balaban J connectivity index is 2.11. The lowest BCUT2D eigenvalue weighted by molar-refractivity contribution is 0.971. The number of anilines is 3. The molecule has 0 spiro atoms. The van der Waals surface area contributed by atoms with Gasteiger partial charge in [-0.3, -0.25) is 0 Å². The molecule has 3 aromatic carbocycles. The summed E-state index contributed by atoms with van der Waals surface area (Å²) in [5, 5.41) is 0.787. The summed E-state index contributed by atoms with van der Waals surface area (Å²) >= 11 is 6.79. The van der Waals surface area contributed by atoms with E-state index in [0.29, 0.717) is 0 Å². The maximum absolute atomic E-state index is 6.79. The Morgan fingerprint density at radius 1 is 0.552 bits per heavy atom. The van der Waals surface area contributed by atoms with Gasteiger partial charge in [-0.1, -0.05) is 41.9 Å². The molecule has 0 saturated heterocycles. The molecule has 0 N–H and O–H groups in total. The third-order valence-corrected chi connectivity index (χ3v) is 5.62. The molecule has 0 aliphatic carbocycles. The van der Waals surface area contributed by atoms with Gasteiger partial charge >= 0.3 is 0 Å². The highest BCUT2D eigenvalue weighted by atomic mass is 35.5. The van der Waals surface area contributed by atoms with Crippen LogP contribution in [0.3, 0.4) is 0 Å². The molecule has 152 valence electrons. The Morgan fingerprint density at radius 2 is 0.931 bits per heavy atom. The minimum atomic E-state index is 0.0751. The van der Waals surface area contributed by atoms with Crippen LogP contribution in [0.1, 0.15) is 22.6 Å². The molecule has 0 aliphatic heterocycles. The Hall–Kier alpha value is -2.65. The van der Waals surface area contributed by atoms with Crippen LogP contribution in [0.15, 0.2) is 66.7 Å². The second-order valence-corrected chi connectivity index (χ2v) is 8.41. The van der Waals surface area contributed by atoms with Gasteiger partial charge in [-0.15, -0.1) is 0 Å². The smallest absolute Gasteiger partial charge is 0.0468 e. The van der Waals surface area contributed by atoms with E-state index in [2.05, 4.69) is 104 Å². The van der Waals surface area contributed by atoms with Crippen molar-refractivity contribution >= 4 is 28.7 Å². The van der Waals surface area contributed by atoms with Crippen LogP contribution in [-0.4, -0.2) is 42.3 Å². The predicted octanol–water partition coefficient (Wildman–Crippen LogP) is 5.72. The zero-order valence-corrected chi connectivity index (χ0v) is 18.9. The van der Waals surface area contributed by atoms with Gasteiger partial charge in [-0.2, -0.15) is 0 Å². The first-order valence-electron chi connectivity index (χ1n) is 9.79. The van der Waals surface area contributed by atoms with Crippen LogP contribution in [0.4, 0.5) is 17.1 Å². The van der Waals surface area contributed by atoms with E-state index in [4.69, 9.17) is 11.6 Å². The normalized spacial score (nSPS) is 10.9. The van der Waals surface area contributed by atoms with Gasteiger partial charge in [-0.25, -0.2) is 0 Å². The molecule has 0 unspecified atom stereocenters. The highest BCUT2D eigenvalue weighted by molar-refractivity contribution is 6.31. The van der Waals surface area contributed by atoms with Crippen LogP contribution < -0.4 is 14.7 Å². The van der Waals surface area contributed by atoms with Crippen molar-refractivity contribution in [3.8, 4) is 0 Å². The largest absolute Gasteiger partial charge is 0.378 e. The van der Waals surface area contributed by atoms with Gasteiger partial charge in [0.1, 0.15) is 0 Å². The summed E-state index contributed by atoms with van der Waals surface area (Å²) < 4.78 is 0. The van der Waals surface area contributed by atoms with E-state index in [0.717, 1.165) is 16.3 Å². The first kappa shape index (κ1) is 21.1. The van der Waals surface area contributed by atoms with Crippen molar-refractivity contribution in [1.82, 2.24) is 0 Å². The molecule has 3 aromatic rings. The van der Waals surface area contributed by atoms with Crippen LogP contribution in [0.25, 0.3) is 0 Å². The van der Waals surface area contributed by atoms with Crippen LogP contribution in [0, 0.1) is 0 Å². The maximum atomic E-state index is 6.79. The average molecular weight is 408 g/mol. The molecule has 0 bridgehead atoms. The zero-order chi connectivity index (χ0) is 21.1. The van der Waals surface area contributed by atoms with Gasteiger partial charge in [0, 0.05) is 70.3 Å². The second-order valence-electron chi connectivity index (χ2n) is 8.01. The molecule has 0 radical (unpaired) electrons. The minimum Gasteiger partial charge on any atom is -0.378 e. The molecule has 29 heavy (non-hydrogen) atoms. The van der Waals surface area contributed by atoms with Crippen molar-refractivity contribution in [3.05, 3.63) is 88.4 Å². The van der Waals surface area contributed by atoms with Crippen molar-refractivity contribution in [2.45, 2.75) is 5.92 Å². The molecule has 0 heterocycles. The maximum Gasteiger partial charge on any atom is 0.0468 e. The van der Waals surface area contributed by atoms with E-state index in [-0.39, 0.29) is 5.92 Å². The van der Waals surface area contributed by atoms with E-state index >= 15 is 0 Å². The van der Waals surface area contributed by atoms with Crippen molar-refractivity contribution < 1.29 is 0 Å². The van der Waals surface area contributed by atoms with E-state index in [1.165, 1.54) is 22.5 Å². The number of hydrogen-bond acceptors (Lipinski definition) is 3. The molecule has 0 aromatic heterocycles. The van der Waals surface area contributed by atoms with Crippen LogP contribution >= 0.6 is 11.6 Å². The molecule has 4 heteroatoms. The molecular formula is C25H30ClN3. The number of benzene rings is 3. The fraction of sp³-hybridized carbons (Fsp3) is 0.280. The van der Waals surface area contributed by atoms with Gasteiger partial charge in [0.15, 0.2) is 0 Å². The molecule has 3 rings (SSSR count). The van der Waals surface area contributed by atoms with Crippen molar-refractivity contribution in [1.29, 1.82) is 0 Å². The Morgan fingerprint density at radius 3 is 1.28 bits per heavy atom. The molecule has 0 saturated carbocycles. The van der Waals surface area contributed by atoms with Crippen LogP contribution in [0.2, 0.25) is 5.02 Å². The monoisotopic (exact) mass is 407 g/mol. The van der Waals surface area contributed by atoms with Crippen molar-refractivity contribution in [2.24, 2.45) is 0 Å². The summed E-state index contributed by atoms with van der Waals surface area (Å²) in [6.45, 7) is 0. The van der Waals surface area contributed by atoms with E-state index < -0.39 is 0 Å². The lowest BCUT2D eigenvalue weighted by atomic mass is 9.84. The number of hydrogen-bond donors (Lipinski definition) is 0. The molecule has 3 nitrogen and oxygen atoms in total. The number of nitrogens with zero attached hydrogens (tertiary/aromatic N) is 3. The summed E-state index contributed by atoms with van der Waals surface area (Å²) in [7, 11) is 12.3. The van der Waals surface area contributed by atoms with Gasteiger partial charge in [0.2, 0.25) is 0 Å². The molecule has 0 atom stereocenters. The Kier molecular flexibility index (Phi) is 6.39. The molecular weight excluding hydrogens is 378 g/mol. The van der Waals surface area contributed by atoms with Gasteiger partial charge in [0.05, 0.1) is 0 Å². The predicted molar refractivity (Wildman–Crippen MR) is 128 cm³/mol. The number of halogens is 1. The van der Waals surface area contributed by atoms with E-state index in [1.54, 1.807) is 0 Å². The lowest BCUT2D eigenvalue weighted by Crippen LogP contribution is -2.11. The molecule has 0 amide bonds. The van der Waals surface area contributed by atoms with Crippen molar-refractivity contribution in [3.63, 3.8) is 0 Å². The standard InChI is InChI=1S/C25H30ClN3/c1-27(2)20-11-7-18(8-12-20)25(19-9-13-21(14-10-19)28(3)4)23-16-15-22(29(5)6)17-24(23)26/h7-17,25H,1-6H3. The topological polar surface area (TPSA) is 9.72 Å². The molecule has 0 aliphatic rings. The van der Waals surface area contributed by atoms with E-state index in [9.17, 15) is 0 Å². The lowest BCUT2D eigenvalue weighted by Gasteiger charge is -2.23. The minimum absolute atomic E-state index is 0.0751. The average Bonchev–Trinajstić information content (AvgIpc) is 2.70. The quantitative estimate of drug-likeness (QED) is 0.484. The Labute approximate surface area is 180 Å². The van der Waals surface area contributed by atoms with Gasteiger partial charge in [0.25, 0.3) is 0 Å². The SMILES string of the molecule is CN(C)c1ccc(C(c2ccc(N(C)C)cc2)c2ccc(N(C)C)cc2Cl)cc1. The highest BCUT2D eigenvalue weighted by Crippen LogP contribution is 2.38. The van der Waals surface area contributed by atoms with Crippen LogP contribution in [-0.2, 0) is 0 Å². The van der Waals surface area contributed by atoms with E-state index in [1.807, 2.05) is 20.2 Å². The summed E-state index contributed by atoms with van der Waals surface area (Å²) in [5.41, 5.74) is 7.05. The second kappa shape index (κ2) is 8.79. The first-order valence-corrected chi connectivity index (χ1v) is 10.2. The fourth-order valence-electron chi connectivity index (χ4n) is 3.51. The summed E-state index contributed by atoms with van der Waals surface area (Å²) in [6.07, 6.45) is 0. The molecule has 0 fully saturated rings. The highest BCUT2D eigenvalue weighted by Gasteiger charge is 2.20. The first-order chi connectivity index (χ1) is 13.8. The zero-order valence-electron chi connectivity index (χ0n) is 18.1. The van der Waals surface area contributed by atoms with Gasteiger partial charge < -0.3 is 14.7 Å².